The molecule has 1 unspecified atom stereocenters. The Morgan fingerprint density at radius 1 is 1.37 bits per heavy atom. The van der Waals surface area contributed by atoms with Gasteiger partial charge in [0.25, 0.3) is 0 Å². The Morgan fingerprint density at radius 3 is 2.53 bits per heavy atom. The Bertz CT molecular complexity index is 367. The van der Waals surface area contributed by atoms with Crippen molar-refractivity contribution in [2.75, 3.05) is 39.3 Å². The average Bonchev–Trinajstić information content (AvgIpc) is 2.84. The van der Waals surface area contributed by atoms with Gasteiger partial charge in [-0.15, -0.1) is 0 Å². The molecule has 2 heterocycles. The van der Waals surface area contributed by atoms with Gasteiger partial charge in [-0.25, -0.2) is 0 Å². The molecule has 0 amide bonds. The topological polar surface area (TPSA) is 52.7 Å². The van der Waals surface area contributed by atoms with Crippen LogP contribution in [0.1, 0.15) is 25.5 Å². The highest BCUT2D eigenvalue weighted by molar-refractivity contribution is 7.07. The van der Waals surface area contributed by atoms with Gasteiger partial charge in [-0.3, -0.25) is 9.80 Å². The van der Waals surface area contributed by atoms with Crippen LogP contribution < -0.4 is 5.73 Å². The predicted octanol–water partition coefficient (Wildman–Crippen LogP) is 1.14. The zero-order valence-corrected chi connectivity index (χ0v) is 12.7. The molecule has 1 fully saturated rings. The second kappa shape index (κ2) is 6.33. The van der Waals surface area contributed by atoms with Crippen LogP contribution in [-0.2, 0) is 0 Å². The number of hydrogen-bond donors (Lipinski definition) is 2. The minimum absolute atomic E-state index is 0.343. The van der Waals surface area contributed by atoms with Crippen LogP contribution in [0.5, 0.6) is 0 Å². The summed E-state index contributed by atoms with van der Waals surface area (Å²) in [5, 5.41) is 14.2. The van der Waals surface area contributed by atoms with Crippen LogP contribution in [0, 0.1) is 0 Å². The molecule has 1 aliphatic rings. The minimum atomic E-state index is -0.608. The highest BCUT2D eigenvalue weighted by Crippen LogP contribution is 2.23. The van der Waals surface area contributed by atoms with Gasteiger partial charge in [-0.2, -0.15) is 11.3 Å². The molecule has 1 atom stereocenters. The fourth-order valence-corrected chi connectivity index (χ4v) is 3.45. The molecule has 4 nitrogen and oxygen atoms in total. The van der Waals surface area contributed by atoms with E-state index in [1.165, 1.54) is 5.56 Å². The van der Waals surface area contributed by atoms with E-state index in [0.717, 1.165) is 32.7 Å². The maximum Gasteiger partial charge on any atom is 0.0718 e. The third-order valence-corrected chi connectivity index (χ3v) is 4.31. The molecule has 0 aliphatic carbocycles. The van der Waals surface area contributed by atoms with Gasteiger partial charge in [0.15, 0.2) is 0 Å². The largest absolute Gasteiger partial charge is 0.389 e. The Labute approximate surface area is 119 Å². The van der Waals surface area contributed by atoms with Crippen molar-refractivity contribution in [2.45, 2.75) is 25.5 Å². The van der Waals surface area contributed by atoms with E-state index in [1.54, 1.807) is 11.3 Å². The van der Waals surface area contributed by atoms with Crippen LogP contribution in [0.15, 0.2) is 16.8 Å². The van der Waals surface area contributed by atoms with E-state index in [4.69, 9.17) is 5.73 Å². The quantitative estimate of drug-likeness (QED) is 0.851. The van der Waals surface area contributed by atoms with Crippen molar-refractivity contribution in [3.05, 3.63) is 22.4 Å². The standard InChI is InChI=1S/C14H25N3OS/c1-14(2,18)11-16-4-6-17(7-5-16)13(9-15)12-3-8-19-10-12/h3,8,10,13,18H,4-7,9,11,15H2,1-2H3. The van der Waals surface area contributed by atoms with Crippen molar-refractivity contribution in [2.24, 2.45) is 5.73 Å². The number of rotatable bonds is 5. The second-order valence-corrected chi connectivity index (χ2v) is 6.71. The Morgan fingerprint density at radius 2 is 2.05 bits per heavy atom. The molecular formula is C14H25N3OS. The number of β-amino-alcohol motifs (C(OH)–C–C–N with tert-alkyl or cyclic N) is 1. The summed E-state index contributed by atoms with van der Waals surface area (Å²) in [6.45, 7) is 9.20. The van der Waals surface area contributed by atoms with Crippen LogP contribution in [0.2, 0.25) is 0 Å². The molecule has 3 N–H and O–H groups in total. The zero-order chi connectivity index (χ0) is 13.9. The van der Waals surface area contributed by atoms with Gasteiger partial charge in [0, 0.05) is 45.3 Å². The van der Waals surface area contributed by atoms with E-state index in [-0.39, 0.29) is 0 Å². The molecule has 0 radical (unpaired) electrons. The van der Waals surface area contributed by atoms with E-state index in [2.05, 4.69) is 26.6 Å². The van der Waals surface area contributed by atoms with Crippen molar-refractivity contribution >= 4 is 11.3 Å². The summed E-state index contributed by atoms with van der Waals surface area (Å²) in [6, 6.07) is 2.52. The number of piperazine rings is 1. The summed E-state index contributed by atoms with van der Waals surface area (Å²) < 4.78 is 0. The number of hydrogen-bond acceptors (Lipinski definition) is 5. The van der Waals surface area contributed by atoms with Crippen molar-refractivity contribution in [1.82, 2.24) is 9.80 Å². The van der Waals surface area contributed by atoms with E-state index in [9.17, 15) is 5.11 Å². The maximum atomic E-state index is 9.87. The van der Waals surface area contributed by atoms with E-state index in [0.29, 0.717) is 12.6 Å². The van der Waals surface area contributed by atoms with Gasteiger partial charge < -0.3 is 10.8 Å². The van der Waals surface area contributed by atoms with Gasteiger partial charge in [-0.05, 0) is 36.2 Å². The van der Waals surface area contributed by atoms with Crippen LogP contribution in [-0.4, -0.2) is 59.8 Å². The zero-order valence-electron chi connectivity index (χ0n) is 11.9. The third-order valence-electron chi connectivity index (χ3n) is 3.61. The van der Waals surface area contributed by atoms with Crippen molar-refractivity contribution in [1.29, 1.82) is 0 Å². The molecule has 0 bridgehead atoms. The summed E-state index contributed by atoms with van der Waals surface area (Å²) in [5.41, 5.74) is 6.67. The number of aliphatic hydroxyl groups is 1. The van der Waals surface area contributed by atoms with Gasteiger partial charge in [0.1, 0.15) is 0 Å². The first-order valence-electron chi connectivity index (χ1n) is 6.90. The Hall–Kier alpha value is -0.460. The number of nitrogens with zero attached hydrogens (tertiary/aromatic N) is 2. The molecule has 0 saturated carbocycles. The van der Waals surface area contributed by atoms with Crippen LogP contribution in [0.25, 0.3) is 0 Å². The highest BCUT2D eigenvalue weighted by atomic mass is 32.1. The van der Waals surface area contributed by atoms with E-state index < -0.39 is 5.60 Å². The first kappa shape index (κ1) is 14.9. The van der Waals surface area contributed by atoms with Crippen LogP contribution in [0.4, 0.5) is 0 Å². The molecule has 1 aliphatic heterocycles. The summed E-state index contributed by atoms with van der Waals surface area (Å²) in [5.74, 6) is 0. The molecule has 5 heteroatoms. The molecule has 2 rings (SSSR count). The summed E-state index contributed by atoms with van der Waals surface area (Å²) in [4.78, 5) is 4.79. The van der Waals surface area contributed by atoms with Gasteiger partial charge in [-0.1, -0.05) is 0 Å². The smallest absolute Gasteiger partial charge is 0.0718 e. The summed E-state index contributed by atoms with van der Waals surface area (Å²) in [6.07, 6.45) is 0. The molecule has 1 aromatic heterocycles. The fraction of sp³-hybridized carbons (Fsp3) is 0.714. The highest BCUT2D eigenvalue weighted by Gasteiger charge is 2.26. The Kier molecular flexibility index (Phi) is 4.97. The minimum Gasteiger partial charge on any atom is -0.389 e. The first-order valence-corrected chi connectivity index (χ1v) is 7.85. The maximum absolute atomic E-state index is 9.87. The first-order chi connectivity index (χ1) is 8.99. The van der Waals surface area contributed by atoms with Gasteiger partial charge in [0.05, 0.1) is 5.60 Å². The third kappa shape index (κ3) is 4.26. The number of nitrogens with two attached hydrogens (primary N) is 1. The van der Waals surface area contributed by atoms with Gasteiger partial charge in [0.2, 0.25) is 0 Å². The Balaban J connectivity index is 1.88. The lowest BCUT2D eigenvalue weighted by molar-refractivity contribution is 0.0113. The molecule has 0 spiro atoms. The van der Waals surface area contributed by atoms with Gasteiger partial charge >= 0.3 is 0 Å². The SMILES string of the molecule is CC(C)(O)CN1CCN(C(CN)c2ccsc2)CC1. The van der Waals surface area contributed by atoms with Crippen molar-refractivity contribution in [3.8, 4) is 0 Å². The fourth-order valence-electron chi connectivity index (χ4n) is 2.74. The lowest BCUT2D eigenvalue weighted by atomic mass is 10.1. The molecule has 1 saturated heterocycles. The normalized spacial score (nSPS) is 20.6. The van der Waals surface area contributed by atoms with E-state index in [1.807, 2.05) is 13.8 Å². The van der Waals surface area contributed by atoms with Crippen LogP contribution in [0.3, 0.4) is 0 Å². The number of thiophene rings is 1. The van der Waals surface area contributed by atoms with Crippen molar-refractivity contribution < 1.29 is 5.11 Å². The average molecular weight is 283 g/mol. The van der Waals surface area contributed by atoms with Crippen molar-refractivity contribution in [3.63, 3.8) is 0 Å². The molecule has 108 valence electrons. The predicted molar refractivity (Wildman–Crippen MR) is 80.4 cm³/mol. The summed E-state index contributed by atoms with van der Waals surface area (Å²) >= 11 is 1.73. The molecule has 1 aromatic rings. The molecular weight excluding hydrogens is 258 g/mol. The lowest BCUT2D eigenvalue weighted by Gasteiger charge is -2.40. The summed E-state index contributed by atoms with van der Waals surface area (Å²) in [7, 11) is 0. The lowest BCUT2D eigenvalue weighted by Crippen LogP contribution is -2.52. The van der Waals surface area contributed by atoms with Crippen LogP contribution >= 0.6 is 11.3 Å². The molecule has 19 heavy (non-hydrogen) atoms. The van der Waals surface area contributed by atoms with E-state index >= 15 is 0 Å². The monoisotopic (exact) mass is 283 g/mol. The second-order valence-electron chi connectivity index (χ2n) is 5.93. The molecule has 0 aromatic carbocycles.